The van der Waals surface area contributed by atoms with Gasteiger partial charge < -0.3 is 16.2 Å². The van der Waals surface area contributed by atoms with Crippen LogP contribution in [0.15, 0.2) is 18.2 Å². The summed E-state index contributed by atoms with van der Waals surface area (Å²) in [5.74, 6) is 0.0747. The SMILES string of the molecule is Cc1cccc(NC(=O)C2CCCC(N)C2)c1O. The summed E-state index contributed by atoms with van der Waals surface area (Å²) >= 11 is 0. The normalized spacial score (nSPS) is 23.7. The van der Waals surface area contributed by atoms with Crippen molar-refractivity contribution in [2.45, 2.75) is 38.6 Å². The third kappa shape index (κ3) is 2.82. The van der Waals surface area contributed by atoms with E-state index in [2.05, 4.69) is 5.32 Å². The fourth-order valence-electron chi connectivity index (χ4n) is 2.46. The maximum absolute atomic E-state index is 12.1. The van der Waals surface area contributed by atoms with Crippen molar-refractivity contribution in [2.75, 3.05) is 5.32 Å². The van der Waals surface area contributed by atoms with Crippen LogP contribution in [0.2, 0.25) is 0 Å². The predicted octanol–water partition coefficient (Wildman–Crippen LogP) is 2.16. The molecule has 0 heterocycles. The fourth-order valence-corrected chi connectivity index (χ4v) is 2.46. The van der Waals surface area contributed by atoms with Crippen LogP contribution < -0.4 is 11.1 Å². The van der Waals surface area contributed by atoms with E-state index in [-0.39, 0.29) is 23.6 Å². The number of amides is 1. The molecule has 18 heavy (non-hydrogen) atoms. The lowest BCUT2D eigenvalue weighted by Crippen LogP contribution is -2.34. The lowest BCUT2D eigenvalue weighted by molar-refractivity contribution is -0.120. The van der Waals surface area contributed by atoms with Crippen LogP contribution >= 0.6 is 0 Å². The zero-order valence-electron chi connectivity index (χ0n) is 10.6. The van der Waals surface area contributed by atoms with Gasteiger partial charge in [0.1, 0.15) is 5.75 Å². The molecule has 1 aliphatic carbocycles. The Bertz CT molecular complexity index is 445. The number of para-hydroxylation sites is 1. The van der Waals surface area contributed by atoms with Crippen molar-refractivity contribution in [1.29, 1.82) is 0 Å². The van der Waals surface area contributed by atoms with E-state index in [1.54, 1.807) is 6.07 Å². The molecule has 1 fully saturated rings. The fraction of sp³-hybridized carbons (Fsp3) is 0.500. The third-order valence-electron chi connectivity index (χ3n) is 3.58. The van der Waals surface area contributed by atoms with Crippen LogP contribution in [0.25, 0.3) is 0 Å². The Kier molecular flexibility index (Phi) is 3.87. The molecule has 0 radical (unpaired) electrons. The average Bonchev–Trinajstić information content (AvgIpc) is 2.35. The Morgan fingerprint density at radius 3 is 2.94 bits per heavy atom. The third-order valence-corrected chi connectivity index (χ3v) is 3.58. The number of nitrogens with two attached hydrogens (primary N) is 1. The van der Waals surface area contributed by atoms with Crippen LogP contribution in [0.4, 0.5) is 5.69 Å². The number of aryl methyl sites for hydroxylation is 1. The predicted molar refractivity (Wildman–Crippen MR) is 71.4 cm³/mol. The molecular weight excluding hydrogens is 228 g/mol. The summed E-state index contributed by atoms with van der Waals surface area (Å²) in [7, 11) is 0. The Labute approximate surface area is 107 Å². The highest BCUT2D eigenvalue weighted by Crippen LogP contribution is 2.29. The second kappa shape index (κ2) is 5.40. The van der Waals surface area contributed by atoms with E-state index in [0.717, 1.165) is 31.2 Å². The van der Waals surface area contributed by atoms with Gasteiger partial charge >= 0.3 is 0 Å². The van der Waals surface area contributed by atoms with E-state index >= 15 is 0 Å². The molecule has 0 bridgehead atoms. The van der Waals surface area contributed by atoms with E-state index in [4.69, 9.17) is 5.73 Å². The van der Waals surface area contributed by atoms with E-state index in [1.165, 1.54) is 0 Å². The van der Waals surface area contributed by atoms with Crippen LogP contribution in [-0.4, -0.2) is 17.1 Å². The number of carbonyl (C=O) groups excluding carboxylic acids is 1. The van der Waals surface area contributed by atoms with Crippen LogP contribution in [0.1, 0.15) is 31.2 Å². The van der Waals surface area contributed by atoms with Gasteiger partial charge in [0.15, 0.2) is 0 Å². The summed E-state index contributed by atoms with van der Waals surface area (Å²) in [6.07, 6.45) is 3.61. The molecule has 1 aliphatic rings. The Morgan fingerprint density at radius 1 is 1.44 bits per heavy atom. The molecule has 4 N–H and O–H groups in total. The number of carbonyl (C=O) groups is 1. The van der Waals surface area contributed by atoms with E-state index in [0.29, 0.717) is 5.69 Å². The van der Waals surface area contributed by atoms with Crippen LogP contribution in [-0.2, 0) is 4.79 Å². The topological polar surface area (TPSA) is 75.4 Å². The number of nitrogens with one attached hydrogen (secondary N) is 1. The zero-order valence-corrected chi connectivity index (χ0v) is 10.6. The van der Waals surface area contributed by atoms with Crippen molar-refractivity contribution in [3.05, 3.63) is 23.8 Å². The molecule has 2 unspecified atom stereocenters. The minimum atomic E-state index is -0.0361. The van der Waals surface area contributed by atoms with Gasteiger partial charge in [-0.1, -0.05) is 18.6 Å². The monoisotopic (exact) mass is 248 g/mol. The Balaban J connectivity index is 2.04. The molecule has 0 spiro atoms. The summed E-state index contributed by atoms with van der Waals surface area (Å²) in [5.41, 5.74) is 7.12. The standard InChI is InChI=1S/C14H20N2O2/c1-9-4-2-7-12(13(9)17)16-14(18)10-5-3-6-11(15)8-10/h2,4,7,10-11,17H,3,5-6,8,15H2,1H3,(H,16,18). The molecule has 1 amide bonds. The maximum Gasteiger partial charge on any atom is 0.227 e. The number of rotatable bonds is 2. The molecule has 1 aromatic rings. The van der Waals surface area contributed by atoms with Crippen LogP contribution in [0.3, 0.4) is 0 Å². The molecule has 98 valence electrons. The highest BCUT2D eigenvalue weighted by Gasteiger charge is 2.25. The number of anilines is 1. The van der Waals surface area contributed by atoms with Crippen LogP contribution in [0, 0.1) is 12.8 Å². The molecule has 0 aliphatic heterocycles. The molecule has 1 aromatic carbocycles. The van der Waals surface area contributed by atoms with Gasteiger partial charge in [0.25, 0.3) is 0 Å². The van der Waals surface area contributed by atoms with Gasteiger partial charge in [-0.3, -0.25) is 4.79 Å². The van der Waals surface area contributed by atoms with E-state index in [1.807, 2.05) is 19.1 Å². The number of hydrogen-bond acceptors (Lipinski definition) is 3. The molecule has 0 saturated heterocycles. The van der Waals surface area contributed by atoms with Crippen molar-refractivity contribution in [3.8, 4) is 5.75 Å². The number of benzene rings is 1. The number of hydrogen-bond donors (Lipinski definition) is 3. The van der Waals surface area contributed by atoms with E-state index < -0.39 is 0 Å². The highest BCUT2D eigenvalue weighted by atomic mass is 16.3. The lowest BCUT2D eigenvalue weighted by Gasteiger charge is -2.25. The first-order valence-corrected chi connectivity index (χ1v) is 6.43. The molecule has 2 rings (SSSR count). The van der Waals surface area contributed by atoms with E-state index in [9.17, 15) is 9.90 Å². The molecule has 4 heteroatoms. The summed E-state index contributed by atoms with van der Waals surface area (Å²) in [6, 6.07) is 5.46. The summed E-state index contributed by atoms with van der Waals surface area (Å²) < 4.78 is 0. The average molecular weight is 248 g/mol. The molecule has 1 saturated carbocycles. The van der Waals surface area contributed by atoms with Gasteiger partial charge in [-0.15, -0.1) is 0 Å². The second-order valence-corrected chi connectivity index (χ2v) is 5.08. The van der Waals surface area contributed by atoms with Crippen molar-refractivity contribution in [2.24, 2.45) is 11.7 Å². The minimum absolute atomic E-state index is 0.0336. The number of aromatic hydroxyl groups is 1. The summed E-state index contributed by atoms with van der Waals surface area (Å²) in [6.45, 7) is 1.81. The number of phenols is 1. The van der Waals surface area contributed by atoms with Gasteiger partial charge in [0.05, 0.1) is 5.69 Å². The van der Waals surface area contributed by atoms with Crippen LogP contribution in [0.5, 0.6) is 5.75 Å². The first-order valence-electron chi connectivity index (χ1n) is 6.43. The first kappa shape index (κ1) is 12.9. The largest absolute Gasteiger partial charge is 0.505 e. The lowest BCUT2D eigenvalue weighted by atomic mass is 9.85. The minimum Gasteiger partial charge on any atom is -0.505 e. The van der Waals surface area contributed by atoms with Gasteiger partial charge in [-0.05, 0) is 37.8 Å². The van der Waals surface area contributed by atoms with Crippen molar-refractivity contribution >= 4 is 11.6 Å². The van der Waals surface area contributed by atoms with Crippen molar-refractivity contribution in [1.82, 2.24) is 0 Å². The second-order valence-electron chi connectivity index (χ2n) is 5.08. The summed E-state index contributed by atoms with van der Waals surface area (Å²) in [4.78, 5) is 12.1. The summed E-state index contributed by atoms with van der Waals surface area (Å²) in [5, 5.41) is 12.7. The highest BCUT2D eigenvalue weighted by molar-refractivity contribution is 5.94. The quantitative estimate of drug-likeness (QED) is 0.702. The molecule has 4 nitrogen and oxygen atoms in total. The van der Waals surface area contributed by atoms with Gasteiger partial charge in [0, 0.05) is 12.0 Å². The molecular formula is C14H20N2O2. The smallest absolute Gasteiger partial charge is 0.227 e. The van der Waals surface area contributed by atoms with Crippen molar-refractivity contribution in [3.63, 3.8) is 0 Å². The molecule has 0 aromatic heterocycles. The molecule has 2 atom stereocenters. The van der Waals surface area contributed by atoms with Crippen molar-refractivity contribution < 1.29 is 9.90 Å². The maximum atomic E-state index is 12.1. The number of phenolic OH excluding ortho intramolecular Hbond substituents is 1. The Morgan fingerprint density at radius 2 is 2.22 bits per heavy atom. The Hall–Kier alpha value is -1.55. The van der Waals surface area contributed by atoms with Gasteiger partial charge in [0.2, 0.25) is 5.91 Å². The first-order chi connectivity index (χ1) is 8.58. The van der Waals surface area contributed by atoms with Gasteiger partial charge in [-0.25, -0.2) is 0 Å². The van der Waals surface area contributed by atoms with Gasteiger partial charge in [-0.2, -0.15) is 0 Å². The zero-order chi connectivity index (χ0) is 13.1.